The van der Waals surface area contributed by atoms with Crippen LogP contribution in [0.25, 0.3) is 10.4 Å². The number of benzene rings is 1. The Balaban J connectivity index is 0.925. The Morgan fingerprint density at radius 1 is 1.03 bits per heavy atom. The Hall–Kier alpha value is -3.00. The van der Waals surface area contributed by atoms with Gasteiger partial charge < -0.3 is 10.1 Å². The van der Waals surface area contributed by atoms with E-state index in [1.165, 1.54) is 49.9 Å². The Morgan fingerprint density at radius 3 is 2.38 bits per heavy atom. The number of carbonyl (C=O) groups excluding carboxylic acids is 3. The van der Waals surface area contributed by atoms with Gasteiger partial charge in [-0.1, -0.05) is 0 Å². The molecule has 37 heavy (non-hydrogen) atoms. The van der Waals surface area contributed by atoms with Gasteiger partial charge in [0.1, 0.15) is 11.5 Å². The van der Waals surface area contributed by atoms with Crippen molar-refractivity contribution < 1.29 is 19.1 Å². The topological polar surface area (TPSA) is 108 Å². The average molecular weight is 520 g/mol. The van der Waals surface area contributed by atoms with E-state index in [2.05, 4.69) is 10.6 Å². The van der Waals surface area contributed by atoms with Crippen LogP contribution in [0.5, 0.6) is 5.75 Å². The van der Waals surface area contributed by atoms with E-state index in [4.69, 9.17) is 10.1 Å². The minimum atomic E-state index is -0.656. The van der Waals surface area contributed by atoms with Gasteiger partial charge in [0.25, 0.3) is 11.8 Å². The Bertz CT molecular complexity index is 1210. The number of nitrogens with one attached hydrogen (secondary N) is 3. The van der Waals surface area contributed by atoms with E-state index >= 15 is 0 Å². The van der Waals surface area contributed by atoms with E-state index in [-0.39, 0.29) is 11.6 Å². The number of rotatable bonds is 9. The lowest BCUT2D eigenvalue weighted by Crippen LogP contribution is -2.48. The second-order valence-electron chi connectivity index (χ2n) is 11.5. The second-order valence-corrected chi connectivity index (χ2v) is 12.6. The molecule has 0 atom stereocenters. The molecule has 1 aromatic carbocycles. The molecule has 194 valence electrons. The van der Waals surface area contributed by atoms with Gasteiger partial charge >= 0.3 is 0 Å². The number of fused-ring (bicyclic) bond motifs is 1. The molecule has 3 amide bonds. The normalized spacial score (nSPS) is 27.7. The molecule has 7 nitrogen and oxygen atoms in total. The van der Waals surface area contributed by atoms with Gasteiger partial charge in [-0.25, -0.2) is 0 Å². The number of imide groups is 1. The lowest BCUT2D eigenvalue weighted by atomic mass is 9.49. The summed E-state index contributed by atoms with van der Waals surface area (Å²) >= 11 is 1.27. The number of hydrogen-bond acceptors (Lipinski definition) is 6. The smallest absolute Gasteiger partial charge is 0.277 e. The predicted molar refractivity (Wildman–Crippen MR) is 142 cm³/mol. The minimum absolute atomic E-state index is 0.172. The SMILES string of the molecule is N=C1C(=O)NC(=O)c2cc(-c3ccc(OCCCCNC(=O)CC45CC6CC(CC(C6)C4)C5)cc3)sc21. The van der Waals surface area contributed by atoms with Crippen molar-refractivity contribution in [2.45, 2.75) is 57.8 Å². The van der Waals surface area contributed by atoms with Gasteiger partial charge in [-0.3, -0.25) is 25.1 Å². The van der Waals surface area contributed by atoms with Crippen molar-refractivity contribution >= 4 is 34.8 Å². The van der Waals surface area contributed by atoms with Crippen molar-refractivity contribution in [3.05, 3.63) is 40.8 Å². The Labute approximate surface area is 220 Å². The number of carbonyl (C=O) groups is 3. The van der Waals surface area contributed by atoms with Crippen molar-refractivity contribution in [2.75, 3.05) is 13.2 Å². The van der Waals surface area contributed by atoms with Crippen LogP contribution < -0.4 is 15.4 Å². The average Bonchev–Trinajstić information content (AvgIpc) is 3.30. The van der Waals surface area contributed by atoms with Gasteiger partial charge in [0.15, 0.2) is 0 Å². The van der Waals surface area contributed by atoms with Gasteiger partial charge in [-0.15, -0.1) is 11.3 Å². The molecule has 4 bridgehead atoms. The highest BCUT2D eigenvalue weighted by atomic mass is 32.1. The molecule has 3 N–H and O–H groups in total. The highest BCUT2D eigenvalue weighted by Crippen LogP contribution is 2.61. The summed E-state index contributed by atoms with van der Waals surface area (Å²) in [6.07, 6.45) is 10.5. The predicted octanol–water partition coefficient (Wildman–Crippen LogP) is 4.93. The van der Waals surface area contributed by atoms with Crippen LogP contribution >= 0.6 is 11.3 Å². The van der Waals surface area contributed by atoms with E-state index in [9.17, 15) is 14.4 Å². The van der Waals surface area contributed by atoms with Crippen LogP contribution in [-0.2, 0) is 9.59 Å². The molecule has 0 saturated heterocycles. The minimum Gasteiger partial charge on any atom is -0.494 e. The van der Waals surface area contributed by atoms with E-state index in [0.717, 1.165) is 46.8 Å². The third-order valence-electron chi connectivity index (χ3n) is 8.66. The monoisotopic (exact) mass is 519 g/mol. The second kappa shape index (κ2) is 9.71. The molecule has 4 fully saturated rings. The summed E-state index contributed by atoms with van der Waals surface area (Å²) < 4.78 is 5.87. The van der Waals surface area contributed by atoms with Crippen molar-refractivity contribution in [2.24, 2.45) is 23.2 Å². The van der Waals surface area contributed by atoms with Crippen LogP contribution in [-0.4, -0.2) is 36.6 Å². The molecular formula is C29H33N3O4S. The lowest BCUT2D eigenvalue weighted by Gasteiger charge is -2.56. The van der Waals surface area contributed by atoms with Gasteiger partial charge in [-0.05, 0) is 110 Å². The maximum absolute atomic E-state index is 12.7. The zero-order valence-electron chi connectivity index (χ0n) is 20.9. The van der Waals surface area contributed by atoms with Crippen molar-refractivity contribution in [1.29, 1.82) is 5.41 Å². The molecule has 4 saturated carbocycles. The van der Waals surface area contributed by atoms with Crippen molar-refractivity contribution in [1.82, 2.24) is 10.6 Å². The molecule has 1 aromatic heterocycles. The van der Waals surface area contributed by atoms with E-state index in [1.54, 1.807) is 6.07 Å². The maximum Gasteiger partial charge on any atom is 0.277 e. The molecule has 0 spiro atoms. The van der Waals surface area contributed by atoms with Gasteiger partial charge in [-0.2, -0.15) is 0 Å². The van der Waals surface area contributed by atoms with Crippen molar-refractivity contribution in [3.63, 3.8) is 0 Å². The fraction of sp³-hybridized carbons (Fsp3) is 0.517. The molecule has 4 aliphatic carbocycles. The summed E-state index contributed by atoms with van der Waals surface area (Å²) in [5.74, 6) is 2.51. The first-order valence-corrected chi connectivity index (χ1v) is 14.3. The van der Waals surface area contributed by atoms with E-state index < -0.39 is 11.8 Å². The third kappa shape index (κ3) is 4.96. The summed E-state index contributed by atoms with van der Waals surface area (Å²) in [4.78, 5) is 37.6. The summed E-state index contributed by atoms with van der Waals surface area (Å²) in [6.45, 7) is 1.28. The van der Waals surface area contributed by atoms with Gasteiger partial charge in [0, 0.05) is 17.8 Å². The summed E-state index contributed by atoms with van der Waals surface area (Å²) in [7, 11) is 0. The number of hydrogen-bond donors (Lipinski definition) is 3. The summed E-state index contributed by atoms with van der Waals surface area (Å²) in [5, 5.41) is 13.3. The Morgan fingerprint density at radius 2 is 1.70 bits per heavy atom. The molecule has 1 aliphatic heterocycles. The largest absolute Gasteiger partial charge is 0.494 e. The summed E-state index contributed by atoms with van der Waals surface area (Å²) in [5.41, 5.74) is 1.40. The van der Waals surface area contributed by atoms with Crippen molar-refractivity contribution in [3.8, 4) is 16.2 Å². The van der Waals surface area contributed by atoms with Crippen LogP contribution in [0.15, 0.2) is 30.3 Å². The fourth-order valence-electron chi connectivity index (χ4n) is 7.49. The van der Waals surface area contributed by atoms with Crippen LogP contribution in [0.3, 0.4) is 0 Å². The molecule has 0 unspecified atom stereocenters. The number of amides is 3. The van der Waals surface area contributed by atoms with Crippen LogP contribution in [0.1, 0.15) is 73.0 Å². The third-order valence-corrected chi connectivity index (χ3v) is 9.86. The van der Waals surface area contributed by atoms with E-state index in [1.807, 2.05) is 24.3 Å². The molecule has 2 aromatic rings. The van der Waals surface area contributed by atoms with Crippen LogP contribution in [0.2, 0.25) is 0 Å². The number of thiophene rings is 1. The van der Waals surface area contributed by atoms with Crippen LogP contribution in [0, 0.1) is 28.6 Å². The lowest BCUT2D eigenvalue weighted by molar-refractivity contribution is -0.129. The fourth-order valence-corrected chi connectivity index (χ4v) is 8.60. The number of unbranched alkanes of at least 4 members (excludes halogenated alkanes) is 1. The van der Waals surface area contributed by atoms with E-state index in [0.29, 0.717) is 35.4 Å². The van der Waals surface area contributed by atoms with Gasteiger partial charge in [0.05, 0.1) is 17.0 Å². The molecule has 0 radical (unpaired) electrons. The molecule has 5 aliphatic rings. The Kier molecular flexibility index (Phi) is 6.39. The molecular weight excluding hydrogens is 486 g/mol. The highest BCUT2D eigenvalue weighted by Gasteiger charge is 2.51. The quantitative estimate of drug-likeness (QED) is 0.322. The molecule has 8 heteroatoms. The van der Waals surface area contributed by atoms with Gasteiger partial charge in [0.2, 0.25) is 5.91 Å². The first-order valence-electron chi connectivity index (χ1n) is 13.5. The molecule has 2 heterocycles. The summed E-state index contributed by atoms with van der Waals surface area (Å²) in [6, 6.07) is 9.33. The maximum atomic E-state index is 12.7. The number of ether oxygens (including phenoxy) is 1. The zero-order chi connectivity index (χ0) is 25.6. The highest BCUT2D eigenvalue weighted by molar-refractivity contribution is 7.18. The zero-order valence-corrected chi connectivity index (χ0v) is 21.8. The first-order chi connectivity index (χ1) is 17.9. The van der Waals surface area contributed by atoms with Crippen LogP contribution in [0.4, 0.5) is 0 Å². The standard InChI is InChI=1S/C29H33N3O4S/c30-25-26-22(27(34)32-28(25)35)12-23(37-26)20-3-5-21(6-4-20)36-8-2-1-7-31-24(33)16-29-13-17-9-18(14-29)11-19(10-17)15-29/h3-6,12,17-19,30H,1-2,7-11,13-16H2,(H,31,33)(H,32,34,35). The first kappa shape index (κ1) is 24.3. The molecule has 7 rings (SSSR count).